The van der Waals surface area contributed by atoms with Gasteiger partial charge in [-0.3, -0.25) is 4.79 Å². The molecule has 1 aromatic carbocycles. The van der Waals surface area contributed by atoms with Crippen molar-refractivity contribution < 1.29 is 9.18 Å². The van der Waals surface area contributed by atoms with E-state index in [2.05, 4.69) is 10.4 Å². The second kappa shape index (κ2) is 7.19. The number of hydrogen-bond donors (Lipinski definition) is 1. The van der Waals surface area contributed by atoms with E-state index in [0.717, 1.165) is 34.4 Å². The molecule has 1 fully saturated rings. The summed E-state index contributed by atoms with van der Waals surface area (Å²) in [6.45, 7) is 1.93. The molecule has 1 N–H and O–H groups in total. The van der Waals surface area contributed by atoms with Gasteiger partial charge in [0.1, 0.15) is 10.6 Å². The minimum absolute atomic E-state index is 0.00292. The number of nitrogens with zero attached hydrogens (tertiary/aromatic N) is 2. The summed E-state index contributed by atoms with van der Waals surface area (Å²) in [5, 5.41) is 8.73. The Morgan fingerprint density at radius 3 is 2.58 bits per heavy atom. The Bertz CT molecular complexity index is 921. The van der Waals surface area contributed by atoms with Gasteiger partial charge in [-0.15, -0.1) is 11.3 Å². The number of aromatic nitrogens is 2. The largest absolute Gasteiger partial charge is 0.349 e. The SMILES string of the molecule is Cc1nn(-c2ccc(F)cc2)c2sc(C(=O)NC3CCCCCC3)cc12. The van der Waals surface area contributed by atoms with Crippen molar-refractivity contribution in [2.75, 3.05) is 0 Å². The second-order valence-electron chi connectivity index (χ2n) is 6.97. The van der Waals surface area contributed by atoms with Crippen LogP contribution < -0.4 is 5.32 Å². The van der Waals surface area contributed by atoms with Crippen molar-refractivity contribution >= 4 is 27.5 Å². The average molecular weight is 371 g/mol. The van der Waals surface area contributed by atoms with Gasteiger partial charge < -0.3 is 5.32 Å². The molecule has 0 aliphatic heterocycles. The number of hydrogen-bond acceptors (Lipinski definition) is 3. The van der Waals surface area contributed by atoms with Gasteiger partial charge >= 0.3 is 0 Å². The number of rotatable bonds is 3. The van der Waals surface area contributed by atoms with Gasteiger partial charge in [0, 0.05) is 11.4 Å². The summed E-state index contributed by atoms with van der Waals surface area (Å²) in [4.78, 5) is 14.3. The molecule has 4 rings (SSSR count). The third-order valence-corrected chi connectivity index (χ3v) is 6.14. The molecule has 4 nitrogen and oxygen atoms in total. The molecule has 2 heterocycles. The second-order valence-corrected chi connectivity index (χ2v) is 8.00. The minimum atomic E-state index is -0.275. The average Bonchev–Trinajstić information content (AvgIpc) is 3.09. The van der Waals surface area contributed by atoms with Gasteiger partial charge in [0.2, 0.25) is 0 Å². The number of fused-ring (bicyclic) bond motifs is 1. The standard InChI is InChI=1S/C20H22FN3OS/c1-13-17-12-18(19(25)22-15-6-4-2-3-5-7-15)26-20(17)24(23-13)16-10-8-14(21)9-11-16/h8-12,15H,2-7H2,1H3,(H,22,25). The Morgan fingerprint density at radius 1 is 1.19 bits per heavy atom. The third kappa shape index (κ3) is 3.38. The van der Waals surface area contributed by atoms with Crippen molar-refractivity contribution in [3.63, 3.8) is 0 Å². The molecule has 0 spiro atoms. The van der Waals surface area contributed by atoms with Gasteiger partial charge in [0.05, 0.1) is 16.3 Å². The predicted molar refractivity (Wildman–Crippen MR) is 103 cm³/mol. The lowest BCUT2D eigenvalue weighted by Gasteiger charge is -2.15. The van der Waals surface area contributed by atoms with E-state index < -0.39 is 0 Å². The number of nitrogens with one attached hydrogen (secondary N) is 1. The fraction of sp³-hybridized carbons (Fsp3) is 0.400. The van der Waals surface area contributed by atoms with Crippen LogP contribution in [0.25, 0.3) is 15.9 Å². The van der Waals surface area contributed by atoms with Crippen molar-refractivity contribution in [3.05, 3.63) is 46.7 Å². The van der Waals surface area contributed by atoms with Gasteiger partial charge in [0.25, 0.3) is 5.91 Å². The first-order valence-corrected chi connectivity index (χ1v) is 9.99. The van der Waals surface area contributed by atoms with E-state index in [4.69, 9.17) is 0 Å². The van der Waals surface area contributed by atoms with Gasteiger partial charge in [-0.2, -0.15) is 5.10 Å². The molecule has 26 heavy (non-hydrogen) atoms. The summed E-state index contributed by atoms with van der Waals surface area (Å²) in [7, 11) is 0. The topological polar surface area (TPSA) is 46.9 Å². The zero-order valence-electron chi connectivity index (χ0n) is 14.8. The number of benzene rings is 1. The highest BCUT2D eigenvalue weighted by atomic mass is 32.1. The molecule has 0 bridgehead atoms. The van der Waals surface area contributed by atoms with E-state index in [0.29, 0.717) is 4.88 Å². The lowest BCUT2D eigenvalue weighted by molar-refractivity contribution is 0.0937. The number of aryl methyl sites for hydroxylation is 1. The van der Waals surface area contributed by atoms with Crippen molar-refractivity contribution in [2.24, 2.45) is 0 Å². The molecule has 1 aliphatic carbocycles. The number of thiophene rings is 1. The minimum Gasteiger partial charge on any atom is -0.349 e. The highest BCUT2D eigenvalue weighted by molar-refractivity contribution is 7.20. The number of halogens is 1. The van der Waals surface area contributed by atoms with Crippen molar-refractivity contribution in [3.8, 4) is 5.69 Å². The Labute approximate surface area is 156 Å². The Morgan fingerprint density at radius 2 is 1.88 bits per heavy atom. The summed E-state index contributed by atoms with van der Waals surface area (Å²) in [6.07, 6.45) is 7.05. The van der Waals surface area contributed by atoms with Crippen LogP contribution in [-0.4, -0.2) is 21.7 Å². The van der Waals surface area contributed by atoms with Crippen LogP contribution in [0.15, 0.2) is 30.3 Å². The molecule has 1 aliphatic rings. The number of carbonyl (C=O) groups excluding carboxylic acids is 1. The van der Waals surface area contributed by atoms with Crippen LogP contribution in [0.4, 0.5) is 4.39 Å². The molecule has 6 heteroatoms. The zero-order chi connectivity index (χ0) is 18.1. The molecular weight excluding hydrogens is 349 g/mol. The lowest BCUT2D eigenvalue weighted by Crippen LogP contribution is -2.33. The fourth-order valence-corrected chi connectivity index (χ4v) is 4.68. The highest BCUT2D eigenvalue weighted by Crippen LogP contribution is 2.30. The van der Waals surface area contributed by atoms with Gasteiger partial charge in [-0.1, -0.05) is 25.7 Å². The van der Waals surface area contributed by atoms with Crippen LogP contribution >= 0.6 is 11.3 Å². The Balaban J connectivity index is 1.62. The monoisotopic (exact) mass is 371 g/mol. The molecule has 1 saturated carbocycles. The van der Waals surface area contributed by atoms with Crippen LogP contribution in [-0.2, 0) is 0 Å². The lowest BCUT2D eigenvalue weighted by atomic mass is 10.1. The van der Waals surface area contributed by atoms with E-state index >= 15 is 0 Å². The van der Waals surface area contributed by atoms with E-state index in [-0.39, 0.29) is 17.8 Å². The maximum Gasteiger partial charge on any atom is 0.261 e. The predicted octanol–water partition coefficient (Wildman–Crippen LogP) is 4.99. The van der Waals surface area contributed by atoms with Crippen molar-refractivity contribution in [2.45, 2.75) is 51.5 Å². The first-order chi connectivity index (χ1) is 12.6. The van der Waals surface area contributed by atoms with Crippen LogP contribution in [0.1, 0.15) is 53.9 Å². The number of carbonyl (C=O) groups is 1. The molecule has 1 amide bonds. The first-order valence-electron chi connectivity index (χ1n) is 9.18. The molecule has 0 radical (unpaired) electrons. The maximum absolute atomic E-state index is 13.2. The molecule has 3 aromatic rings. The molecular formula is C20H22FN3OS. The molecule has 0 atom stereocenters. The zero-order valence-corrected chi connectivity index (χ0v) is 15.6. The van der Waals surface area contributed by atoms with Crippen molar-refractivity contribution in [1.82, 2.24) is 15.1 Å². The summed E-state index contributed by atoms with van der Waals surface area (Å²) < 4.78 is 15.0. The quantitative estimate of drug-likeness (QED) is 0.660. The molecule has 0 saturated heterocycles. The van der Waals surface area contributed by atoms with E-state index in [9.17, 15) is 9.18 Å². The van der Waals surface area contributed by atoms with Gasteiger partial charge in [-0.25, -0.2) is 9.07 Å². The Kier molecular flexibility index (Phi) is 4.76. The van der Waals surface area contributed by atoms with E-state index in [1.54, 1.807) is 16.8 Å². The van der Waals surface area contributed by atoms with Crippen LogP contribution in [0, 0.1) is 12.7 Å². The Hall–Kier alpha value is -2.21. The summed E-state index contributed by atoms with van der Waals surface area (Å²) in [6, 6.07) is 8.45. The van der Waals surface area contributed by atoms with Crippen molar-refractivity contribution in [1.29, 1.82) is 0 Å². The fourth-order valence-electron chi connectivity index (χ4n) is 3.60. The van der Waals surface area contributed by atoms with E-state index in [1.165, 1.54) is 49.2 Å². The highest BCUT2D eigenvalue weighted by Gasteiger charge is 2.20. The smallest absolute Gasteiger partial charge is 0.261 e. The summed E-state index contributed by atoms with van der Waals surface area (Å²) >= 11 is 1.44. The number of amides is 1. The molecule has 0 unspecified atom stereocenters. The summed E-state index contributed by atoms with van der Waals surface area (Å²) in [5.74, 6) is -0.272. The van der Waals surface area contributed by atoms with Crippen LogP contribution in [0.2, 0.25) is 0 Å². The first kappa shape index (κ1) is 17.2. The van der Waals surface area contributed by atoms with Crippen LogP contribution in [0.3, 0.4) is 0 Å². The maximum atomic E-state index is 13.2. The van der Waals surface area contributed by atoms with E-state index in [1.807, 2.05) is 13.0 Å². The molecule has 136 valence electrons. The van der Waals surface area contributed by atoms with Crippen LogP contribution in [0.5, 0.6) is 0 Å². The third-order valence-electron chi connectivity index (χ3n) is 5.03. The van der Waals surface area contributed by atoms with Gasteiger partial charge in [-0.05, 0) is 50.1 Å². The molecule has 2 aromatic heterocycles. The van der Waals surface area contributed by atoms with Gasteiger partial charge in [0.15, 0.2) is 0 Å². The normalized spacial score (nSPS) is 15.9. The summed E-state index contributed by atoms with van der Waals surface area (Å²) in [5.41, 5.74) is 1.66.